The summed E-state index contributed by atoms with van der Waals surface area (Å²) in [5.74, 6) is 1.29. The molecule has 128 valence electrons. The average molecular weight is 320 g/mol. The lowest BCUT2D eigenvalue weighted by Crippen LogP contribution is -2.54. The van der Waals surface area contributed by atoms with E-state index in [4.69, 9.17) is 4.42 Å². The minimum atomic E-state index is -0.0367. The lowest BCUT2D eigenvalue weighted by molar-refractivity contribution is 0.0657. The van der Waals surface area contributed by atoms with Crippen LogP contribution in [0, 0.1) is 5.41 Å². The molecule has 1 aliphatic heterocycles. The van der Waals surface area contributed by atoms with Crippen molar-refractivity contribution in [3.8, 4) is 0 Å². The molecule has 1 saturated heterocycles. The van der Waals surface area contributed by atoms with Gasteiger partial charge in [0.15, 0.2) is 11.7 Å². The van der Waals surface area contributed by atoms with Gasteiger partial charge in [-0.25, -0.2) is 0 Å². The van der Waals surface area contributed by atoms with Gasteiger partial charge >= 0.3 is 0 Å². The second-order valence-electron chi connectivity index (χ2n) is 7.04. The molecule has 0 saturated carbocycles. The number of hydrogen-bond donors (Lipinski definition) is 1. The number of aliphatic imine (C=N–C) groups is 1. The average Bonchev–Trinajstić information content (AvgIpc) is 3.04. The number of piperazine rings is 1. The first kappa shape index (κ1) is 17.4. The maximum atomic E-state index is 12.3. The Labute approximate surface area is 138 Å². The fraction of sp³-hybridized carbons (Fsp3) is 0.647. The van der Waals surface area contributed by atoms with Crippen LogP contribution in [0.5, 0.6) is 0 Å². The van der Waals surface area contributed by atoms with Crippen LogP contribution in [0.25, 0.3) is 0 Å². The van der Waals surface area contributed by atoms with Gasteiger partial charge in [-0.15, -0.1) is 0 Å². The van der Waals surface area contributed by atoms with Gasteiger partial charge in [0.2, 0.25) is 0 Å². The maximum absolute atomic E-state index is 12.3. The largest absolute Gasteiger partial charge is 0.459 e. The summed E-state index contributed by atoms with van der Waals surface area (Å²) in [4.78, 5) is 20.7. The molecule has 6 nitrogen and oxygen atoms in total. The van der Waals surface area contributed by atoms with Crippen LogP contribution in [0.2, 0.25) is 0 Å². The molecule has 0 spiro atoms. The zero-order valence-corrected chi connectivity index (χ0v) is 14.6. The predicted molar refractivity (Wildman–Crippen MR) is 91.6 cm³/mol. The fourth-order valence-corrected chi connectivity index (χ4v) is 2.56. The van der Waals surface area contributed by atoms with Gasteiger partial charge in [-0.2, -0.15) is 0 Å². The minimum absolute atomic E-state index is 0.0367. The van der Waals surface area contributed by atoms with Gasteiger partial charge in [0.05, 0.1) is 6.26 Å². The molecule has 1 N–H and O–H groups in total. The van der Waals surface area contributed by atoms with Crippen LogP contribution >= 0.6 is 0 Å². The molecule has 2 heterocycles. The Morgan fingerprint density at radius 2 is 1.91 bits per heavy atom. The van der Waals surface area contributed by atoms with Crippen molar-refractivity contribution in [1.29, 1.82) is 0 Å². The summed E-state index contributed by atoms with van der Waals surface area (Å²) in [7, 11) is 1.81. The molecule has 1 amide bonds. The Bertz CT molecular complexity index is 523. The van der Waals surface area contributed by atoms with Crippen LogP contribution in [0.15, 0.2) is 27.8 Å². The lowest BCUT2D eigenvalue weighted by Gasteiger charge is -2.36. The van der Waals surface area contributed by atoms with E-state index in [1.54, 1.807) is 19.2 Å². The number of rotatable bonds is 3. The van der Waals surface area contributed by atoms with Crippen LogP contribution < -0.4 is 5.32 Å². The van der Waals surface area contributed by atoms with Crippen LogP contribution in [0.3, 0.4) is 0 Å². The third kappa shape index (κ3) is 5.01. The molecule has 1 aromatic rings. The normalized spacial score (nSPS) is 16.6. The van der Waals surface area contributed by atoms with E-state index in [2.05, 4.69) is 36.0 Å². The summed E-state index contributed by atoms with van der Waals surface area (Å²) >= 11 is 0. The van der Waals surface area contributed by atoms with Crippen LogP contribution in [-0.4, -0.2) is 61.4 Å². The first-order valence-corrected chi connectivity index (χ1v) is 8.19. The van der Waals surface area contributed by atoms with Gasteiger partial charge in [0.1, 0.15) is 0 Å². The SMILES string of the molecule is CN=C(NCCC(C)(C)C)N1CCN(C(=O)c2ccco2)CC1. The molecule has 0 bridgehead atoms. The number of amides is 1. The maximum Gasteiger partial charge on any atom is 0.289 e. The van der Waals surface area contributed by atoms with E-state index >= 15 is 0 Å². The van der Waals surface area contributed by atoms with Crippen LogP contribution in [0.4, 0.5) is 0 Å². The highest BCUT2D eigenvalue weighted by Crippen LogP contribution is 2.17. The number of nitrogens with one attached hydrogen (secondary N) is 1. The molecular weight excluding hydrogens is 292 g/mol. The highest BCUT2D eigenvalue weighted by molar-refractivity contribution is 5.91. The Morgan fingerprint density at radius 3 is 2.43 bits per heavy atom. The predicted octanol–water partition coefficient (Wildman–Crippen LogP) is 2.05. The second-order valence-corrected chi connectivity index (χ2v) is 7.04. The molecule has 23 heavy (non-hydrogen) atoms. The first-order chi connectivity index (χ1) is 10.9. The molecule has 0 unspecified atom stereocenters. The second kappa shape index (κ2) is 7.53. The van der Waals surface area contributed by atoms with E-state index in [9.17, 15) is 4.79 Å². The van der Waals surface area contributed by atoms with Crippen molar-refractivity contribution < 1.29 is 9.21 Å². The van der Waals surface area contributed by atoms with E-state index < -0.39 is 0 Å². The van der Waals surface area contributed by atoms with E-state index in [-0.39, 0.29) is 5.91 Å². The Kier molecular flexibility index (Phi) is 5.69. The Hall–Kier alpha value is -1.98. The third-order valence-electron chi connectivity index (χ3n) is 3.97. The number of nitrogens with zero attached hydrogens (tertiary/aromatic N) is 3. The summed E-state index contributed by atoms with van der Waals surface area (Å²) in [5.41, 5.74) is 0.306. The van der Waals surface area contributed by atoms with Crippen molar-refractivity contribution in [2.75, 3.05) is 39.8 Å². The fourth-order valence-electron chi connectivity index (χ4n) is 2.56. The van der Waals surface area contributed by atoms with Crippen LogP contribution in [-0.2, 0) is 0 Å². The summed E-state index contributed by atoms with van der Waals surface area (Å²) in [6.07, 6.45) is 2.62. The summed E-state index contributed by atoms with van der Waals surface area (Å²) in [6, 6.07) is 3.45. The molecule has 0 aromatic carbocycles. The quantitative estimate of drug-likeness (QED) is 0.684. The van der Waals surface area contributed by atoms with Crippen molar-refractivity contribution in [2.45, 2.75) is 27.2 Å². The molecule has 1 aromatic heterocycles. The van der Waals surface area contributed by atoms with Gasteiger partial charge in [-0.3, -0.25) is 9.79 Å². The standard InChI is InChI=1S/C17H28N4O2/c1-17(2,3)7-8-19-16(18-4)21-11-9-20(10-12-21)15(22)14-6-5-13-23-14/h5-6,13H,7-12H2,1-4H3,(H,18,19). The van der Waals surface area contributed by atoms with E-state index in [0.29, 0.717) is 24.3 Å². The van der Waals surface area contributed by atoms with Gasteiger partial charge in [-0.05, 0) is 24.0 Å². The minimum Gasteiger partial charge on any atom is -0.459 e. The number of guanidine groups is 1. The molecule has 0 aliphatic carbocycles. The van der Waals surface area contributed by atoms with Crippen molar-refractivity contribution in [3.05, 3.63) is 24.2 Å². The van der Waals surface area contributed by atoms with Crippen molar-refractivity contribution in [1.82, 2.24) is 15.1 Å². The number of furan rings is 1. The Balaban J connectivity index is 1.81. The smallest absolute Gasteiger partial charge is 0.289 e. The van der Waals surface area contributed by atoms with E-state index in [1.807, 2.05) is 4.90 Å². The first-order valence-electron chi connectivity index (χ1n) is 8.19. The van der Waals surface area contributed by atoms with Gasteiger partial charge < -0.3 is 19.5 Å². The van der Waals surface area contributed by atoms with Gasteiger partial charge in [0.25, 0.3) is 5.91 Å². The van der Waals surface area contributed by atoms with E-state index in [1.165, 1.54) is 6.26 Å². The highest BCUT2D eigenvalue weighted by atomic mass is 16.3. The zero-order chi connectivity index (χ0) is 16.9. The highest BCUT2D eigenvalue weighted by Gasteiger charge is 2.25. The number of carbonyl (C=O) groups excluding carboxylic acids is 1. The number of hydrogen-bond acceptors (Lipinski definition) is 3. The summed E-state index contributed by atoms with van der Waals surface area (Å²) in [5, 5.41) is 3.42. The molecule has 1 aliphatic rings. The summed E-state index contributed by atoms with van der Waals surface area (Å²) < 4.78 is 5.19. The Morgan fingerprint density at radius 1 is 1.26 bits per heavy atom. The van der Waals surface area contributed by atoms with Crippen LogP contribution in [0.1, 0.15) is 37.7 Å². The molecule has 1 fully saturated rings. The van der Waals surface area contributed by atoms with Crippen molar-refractivity contribution >= 4 is 11.9 Å². The monoisotopic (exact) mass is 320 g/mol. The number of carbonyl (C=O) groups is 1. The lowest BCUT2D eigenvalue weighted by atomic mass is 9.92. The van der Waals surface area contributed by atoms with Gasteiger partial charge in [0, 0.05) is 39.8 Å². The van der Waals surface area contributed by atoms with Crippen molar-refractivity contribution in [2.24, 2.45) is 10.4 Å². The molecular formula is C17H28N4O2. The van der Waals surface area contributed by atoms with Gasteiger partial charge in [-0.1, -0.05) is 20.8 Å². The zero-order valence-electron chi connectivity index (χ0n) is 14.6. The topological polar surface area (TPSA) is 61.1 Å². The molecule has 0 atom stereocenters. The molecule has 2 rings (SSSR count). The molecule has 0 radical (unpaired) electrons. The van der Waals surface area contributed by atoms with Crippen molar-refractivity contribution in [3.63, 3.8) is 0 Å². The van der Waals surface area contributed by atoms with E-state index in [0.717, 1.165) is 32.0 Å². The third-order valence-corrected chi connectivity index (χ3v) is 3.97. The summed E-state index contributed by atoms with van der Waals surface area (Å²) in [6.45, 7) is 10.5. The molecule has 6 heteroatoms.